The normalized spacial score (nSPS) is 17.4. The predicted molar refractivity (Wildman–Crippen MR) is 75.5 cm³/mol. The molecule has 3 N–H and O–H groups in total. The SMILES string of the molecule is COc1ccc(OC)c(S(=O)(=O)NCC2(N)CCC2)c1. The maximum Gasteiger partial charge on any atom is 0.244 e. The molecule has 0 aliphatic heterocycles. The van der Waals surface area contributed by atoms with E-state index in [1.165, 1.54) is 20.3 Å². The first-order valence-corrected chi connectivity index (χ1v) is 7.89. The summed E-state index contributed by atoms with van der Waals surface area (Å²) >= 11 is 0. The lowest BCUT2D eigenvalue weighted by Crippen LogP contribution is -2.54. The molecule has 1 aromatic rings. The molecule has 1 aliphatic rings. The Hall–Kier alpha value is -1.31. The van der Waals surface area contributed by atoms with E-state index >= 15 is 0 Å². The lowest BCUT2D eigenvalue weighted by atomic mass is 9.78. The highest BCUT2D eigenvalue weighted by Crippen LogP contribution is 2.30. The zero-order chi connectivity index (χ0) is 14.8. The number of hydrogen-bond donors (Lipinski definition) is 2. The van der Waals surface area contributed by atoms with Crippen LogP contribution in [0.15, 0.2) is 23.1 Å². The van der Waals surface area contributed by atoms with Crippen molar-refractivity contribution in [3.63, 3.8) is 0 Å². The standard InChI is InChI=1S/C13H20N2O4S/c1-18-10-4-5-11(19-2)12(8-10)20(16,17)15-9-13(14)6-3-7-13/h4-5,8,15H,3,6-7,9,14H2,1-2H3. The van der Waals surface area contributed by atoms with Gasteiger partial charge >= 0.3 is 0 Å². The van der Waals surface area contributed by atoms with Crippen molar-refractivity contribution >= 4 is 10.0 Å². The second-order valence-corrected chi connectivity index (χ2v) is 6.79. The van der Waals surface area contributed by atoms with Crippen molar-refractivity contribution in [2.75, 3.05) is 20.8 Å². The van der Waals surface area contributed by atoms with Gasteiger partial charge in [-0.15, -0.1) is 0 Å². The van der Waals surface area contributed by atoms with E-state index in [-0.39, 0.29) is 17.2 Å². The van der Waals surface area contributed by atoms with Crippen LogP contribution in [0.25, 0.3) is 0 Å². The van der Waals surface area contributed by atoms with E-state index < -0.39 is 15.6 Å². The van der Waals surface area contributed by atoms with Crippen LogP contribution in [0.3, 0.4) is 0 Å². The average molecular weight is 300 g/mol. The van der Waals surface area contributed by atoms with E-state index in [0.717, 1.165) is 19.3 Å². The van der Waals surface area contributed by atoms with Crippen LogP contribution in [0.4, 0.5) is 0 Å². The van der Waals surface area contributed by atoms with Gasteiger partial charge in [0.15, 0.2) is 0 Å². The zero-order valence-electron chi connectivity index (χ0n) is 11.7. The Morgan fingerprint density at radius 3 is 2.50 bits per heavy atom. The maximum atomic E-state index is 12.4. The summed E-state index contributed by atoms with van der Waals surface area (Å²) < 4.78 is 37.4. The number of sulfonamides is 1. The Labute approximate surface area is 119 Å². The lowest BCUT2D eigenvalue weighted by Gasteiger charge is -2.38. The average Bonchev–Trinajstić information content (AvgIpc) is 2.42. The Morgan fingerprint density at radius 1 is 1.30 bits per heavy atom. The van der Waals surface area contributed by atoms with Gasteiger partial charge in [-0.05, 0) is 31.4 Å². The number of rotatable bonds is 6. The molecule has 0 aromatic heterocycles. The van der Waals surface area contributed by atoms with E-state index in [0.29, 0.717) is 5.75 Å². The molecule has 0 bridgehead atoms. The topological polar surface area (TPSA) is 90.6 Å². The molecule has 0 amide bonds. The number of nitrogens with two attached hydrogens (primary N) is 1. The van der Waals surface area contributed by atoms with E-state index in [2.05, 4.69) is 4.72 Å². The van der Waals surface area contributed by atoms with Crippen LogP contribution < -0.4 is 19.9 Å². The van der Waals surface area contributed by atoms with Crippen molar-refractivity contribution in [3.8, 4) is 11.5 Å². The van der Waals surface area contributed by atoms with Crippen molar-refractivity contribution < 1.29 is 17.9 Å². The number of nitrogens with one attached hydrogen (secondary N) is 1. The molecule has 20 heavy (non-hydrogen) atoms. The molecule has 112 valence electrons. The highest BCUT2D eigenvalue weighted by Gasteiger charge is 2.34. The van der Waals surface area contributed by atoms with Crippen LogP contribution in [-0.2, 0) is 10.0 Å². The molecular formula is C13H20N2O4S. The molecule has 0 atom stereocenters. The van der Waals surface area contributed by atoms with Crippen molar-refractivity contribution in [1.82, 2.24) is 4.72 Å². The monoisotopic (exact) mass is 300 g/mol. The molecule has 1 fully saturated rings. The van der Waals surface area contributed by atoms with E-state index in [9.17, 15) is 8.42 Å². The minimum absolute atomic E-state index is 0.0577. The minimum Gasteiger partial charge on any atom is -0.497 e. The van der Waals surface area contributed by atoms with Gasteiger partial charge in [0.1, 0.15) is 16.4 Å². The van der Waals surface area contributed by atoms with Gasteiger partial charge in [0.2, 0.25) is 10.0 Å². The van der Waals surface area contributed by atoms with Crippen LogP contribution >= 0.6 is 0 Å². The fourth-order valence-electron chi connectivity index (χ4n) is 2.12. The molecule has 2 rings (SSSR count). The smallest absolute Gasteiger partial charge is 0.244 e. The molecule has 1 aliphatic carbocycles. The first-order chi connectivity index (χ1) is 9.40. The number of ether oxygens (including phenoxy) is 2. The summed E-state index contributed by atoms with van der Waals surface area (Å²) in [6.45, 7) is 0.232. The van der Waals surface area contributed by atoms with Gasteiger partial charge in [-0.3, -0.25) is 0 Å². The second kappa shape index (κ2) is 5.59. The van der Waals surface area contributed by atoms with Crippen molar-refractivity contribution in [3.05, 3.63) is 18.2 Å². The molecule has 0 unspecified atom stereocenters. The molecule has 7 heteroatoms. The summed E-state index contributed by atoms with van der Waals surface area (Å²) in [5.74, 6) is 0.732. The first kappa shape index (κ1) is 15.1. The fraction of sp³-hybridized carbons (Fsp3) is 0.538. The fourth-order valence-corrected chi connectivity index (χ4v) is 3.44. The van der Waals surface area contributed by atoms with Gasteiger partial charge in [0.05, 0.1) is 14.2 Å². The molecule has 0 saturated heterocycles. The van der Waals surface area contributed by atoms with Crippen LogP contribution in [0, 0.1) is 0 Å². The maximum absolute atomic E-state index is 12.4. The summed E-state index contributed by atoms with van der Waals surface area (Å²) in [6.07, 6.45) is 2.72. The molecule has 0 heterocycles. The van der Waals surface area contributed by atoms with Crippen LogP contribution in [-0.4, -0.2) is 34.7 Å². The molecule has 1 aromatic carbocycles. The quantitative estimate of drug-likeness (QED) is 0.813. The molecule has 0 radical (unpaired) electrons. The van der Waals surface area contributed by atoms with Crippen molar-refractivity contribution in [2.45, 2.75) is 29.7 Å². The molecular weight excluding hydrogens is 280 g/mol. The van der Waals surface area contributed by atoms with Crippen LogP contribution in [0.2, 0.25) is 0 Å². The number of benzene rings is 1. The summed E-state index contributed by atoms with van der Waals surface area (Å²) in [5.41, 5.74) is 5.61. The van der Waals surface area contributed by atoms with Gasteiger partial charge in [-0.2, -0.15) is 0 Å². The van der Waals surface area contributed by atoms with E-state index in [4.69, 9.17) is 15.2 Å². The third-order valence-electron chi connectivity index (χ3n) is 3.62. The molecule has 0 spiro atoms. The number of hydrogen-bond acceptors (Lipinski definition) is 5. The Bertz CT molecular complexity index is 582. The minimum atomic E-state index is -3.68. The van der Waals surface area contributed by atoms with E-state index in [1.54, 1.807) is 12.1 Å². The second-order valence-electron chi connectivity index (χ2n) is 5.06. The van der Waals surface area contributed by atoms with Crippen LogP contribution in [0.5, 0.6) is 11.5 Å². The first-order valence-electron chi connectivity index (χ1n) is 6.41. The predicted octanol–water partition coefficient (Wildman–Crippen LogP) is 0.863. The van der Waals surface area contributed by atoms with E-state index in [1.807, 2.05) is 0 Å². The summed E-state index contributed by atoms with van der Waals surface area (Å²) in [6, 6.07) is 4.65. The summed E-state index contributed by atoms with van der Waals surface area (Å²) in [5, 5.41) is 0. The van der Waals surface area contributed by atoms with Gasteiger partial charge in [0.25, 0.3) is 0 Å². The highest BCUT2D eigenvalue weighted by atomic mass is 32.2. The number of methoxy groups -OCH3 is 2. The Balaban J connectivity index is 2.23. The molecule has 6 nitrogen and oxygen atoms in total. The largest absolute Gasteiger partial charge is 0.497 e. The van der Waals surface area contributed by atoms with Crippen LogP contribution in [0.1, 0.15) is 19.3 Å². The van der Waals surface area contributed by atoms with Gasteiger partial charge in [0, 0.05) is 18.2 Å². The third kappa shape index (κ3) is 3.05. The highest BCUT2D eigenvalue weighted by molar-refractivity contribution is 7.89. The van der Waals surface area contributed by atoms with Gasteiger partial charge in [-0.1, -0.05) is 0 Å². The Morgan fingerprint density at radius 2 is 2.00 bits per heavy atom. The van der Waals surface area contributed by atoms with Crippen molar-refractivity contribution in [1.29, 1.82) is 0 Å². The third-order valence-corrected chi connectivity index (χ3v) is 5.05. The summed E-state index contributed by atoms with van der Waals surface area (Å²) in [4.78, 5) is 0.0577. The van der Waals surface area contributed by atoms with Gasteiger partial charge < -0.3 is 15.2 Å². The van der Waals surface area contributed by atoms with Gasteiger partial charge in [-0.25, -0.2) is 13.1 Å². The summed E-state index contributed by atoms with van der Waals surface area (Å²) in [7, 11) is -0.771. The Kier molecular flexibility index (Phi) is 4.22. The zero-order valence-corrected chi connectivity index (χ0v) is 12.5. The van der Waals surface area contributed by atoms with Crippen molar-refractivity contribution in [2.24, 2.45) is 5.73 Å². The lowest BCUT2D eigenvalue weighted by molar-refractivity contribution is 0.251. The molecule has 1 saturated carbocycles.